The highest BCUT2D eigenvalue weighted by Gasteiger charge is 2.23. The maximum atomic E-state index is 11.2. The maximum Gasteiger partial charge on any atom is 0.220 e. The van der Waals surface area contributed by atoms with Gasteiger partial charge in [0.1, 0.15) is 0 Å². The summed E-state index contributed by atoms with van der Waals surface area (Å²) in [7, 11) is 0. The van der Waals surface area contributed by atoms with Crippen LogP contribution in [0, 0.1) is 0 Å². The van der Waals surface area contributed by atoms with Crippen LogP contribution in [-0.4, -0.2) is 37.6 Å². The molecule has 0 spiro atoms. The number of rotatable bonds is 4. The largest absolute Gasteiger partial charge is 0.371 e. The zero-order valence-corrected chi connectivity index (χ0v) is 11.8. The van der Waals surface area contributed by atoms with Crippen LogP contribution in [0.3, 0.4) is 0 Å². The molecule has 108 valence electrons. The van der Waals surface area contributed by atoms with Crippen LogP contribution in [-0.2, 0) is 4.79 Å². The predicted molar refractivity (Wildman–Crippen MR) is 80.8 cm³/mol. The normalized spacial score (nSPS) is 23.9. The summed E-state index contributed by atoms with van der Waals surface area (Å²) in [6, 6.07) is 11.6. The van der Waals surface area contributed by atoms with Gasteiger partial charge in [-0.15, -0.1) is 0 Å². The van der Waals surface area contributed by atoms with Crippen molar-refractivity contribution in [1.82, 2.24) is 10.6 Å². The topological polar surface area (TPSA) is 44.4 Å². The van der Waals surface area contributed by atoms with E-state index in [1.165, 1.54) is 18.5 Å². The van der Waals surface area contributed by atoms with Crippen LogP contribution in [0.25, 0.3) is 0 Å². The van der Waals surface area contributed by atoms with Crippen molar-refractivity contribution in [3.63, 3.8) is 0 Å². The van der Waals surface area contributed by atoms with Crippen molar-refractivity contribution >= 4 is 11.6 Å². The van der Waals surface area contributed by atoms with Crippen LogP contribution in [0.5, 0.6) is 0 Å². The van der Waals surface area contributed by atoms with Crippen molar-refractivity contribution in [3.8, 4) is 0 Å². The summed E-state index contributed by atoms with van der Waals surface area (Å²) in [5, 5.41) is 6.63. The number of para-hydroxylation sites is 1. The van der Waals surface area contributed by atoms with Gasteiger partial charge in [0.2, 0.25) is 5.91 Å². The number of hydrogen-bond donors (Lipinski definition) is 2. The Balaban J connectivity index is 1.41. The Labute approximate surface area is 120 Å². The summed E-state index contributed by atoms with van der Waals surface area (Å²) in [6.45, 7) is 3.14. The van der Waals surface area contributed by atoms with Gasteiger partial charge in [0.25, 0.3) is 0 Å². The Kier molecular flexibility index (Phi) is 4.21. The highest BCUT2D eigenvalue weighted by molar-refractivity contribution is 5.78. The molecule has 2 saturated heterocycles. The van der Waals surface area contributed by atoms with Crippen molar-refractivity contribution in [2.24, 2.45) is 0 Å². The molecule has 2 aliphatic heterocycles. The minimum Gasteiger partial charge on any atom is -0.371 e. The average Bonchev–Trinajstić information content (AvgIpc) is 2.92. The lowest BCUT2D eigenvalue weighted by atomic mass is 10.0. The van der Waals surface area contributed by atoms with Gasteiger partial charge in [0, 0.05) is 43.8 Å². The fraction of sp³-hybridized carbons (Fsp3) is 0.562. The van der Waals surface area contributed by atoms with Gasteiger partial charge in [-0.2, -0.15) is 0 Å². The molecule has 2 heterocycles. The number of carbonyl (C=O) groups excluding carboxylic acids is 1. The minimum atomic E-state index is 0.204. The van der Waals surface area contributed by atoms with Gasteiger partial charge in [-0.3, -0.25) is 4.79 Å². The number of amides is 1. The third-order valence-corrected chi connectivity index (χ3v) is 4.35. The van der Waals surface area contributed by atoms with Crippen LogP contribution >= 0.6 is 0 Å². The first-order valence-corrected chi connectivity index (χ1v) is 7.64. The Morgan fingerprint density at radius 1 is 1.15 bits per heavy atom. The van der Waals surface area contributed by atoms with E-state index in [0.717, 1.165) is 26.1 Å². The van der Waals surface area contributed by atoms with Gasteiger partial charge >= 0.3 is 0 Å². The third kappa shape index (κ3) is 3.31. The Bertz CT molecular complexity index is 440. The van der Waals surface area contributed by atoms with E-state index in [-0.39, 0.29) is 5.91 Å². The SMILES string of the molecule is O=C1CCC(CNC2CCN(c3ccccc3)CC2)N1. The van der Waals surface area contributed by atoms with Crippen LogP contribution in [0.1, 0.15) is 25.7 Å². The molecule has 0 bridgehead atoms. The zero-order chi connectivity index (χ0) is 13.8. The minimum absolute atomic E-state index is 0.204. The molecule has 3 rings (SSSR count). The average molecular weight is 273 g/mol. The van der Waals surface area contributed by atoms with Crippen LogP contribution in [0.15, 0.2) is 30.3 Å². The highest BCUT2D eigenvalue weighted by Crippen LogP contribution is 2.19. The predicted octanol–water partition coefficient (Wildman–Crippen LogP) is 1.52. The summed E-state index contributed by atoms with van der Waals surface area (Å²) < 4.78 is 0. The summed E-state index contributed by atoms with van der Waals surface area (Å²) >= 11 is 0. The number of hydrogen-bond acceptors (Lipinski definition) is 3. The Morgan fingerprint density at radius 2 is 1.90 bits per heavy atom. The van der Waals surface area contributed by atoms with Crippen molar-refractivity contribution in [1.29, 1.82) is 0 Å². The molecule has 1 unspecified atom stereocenters. The molecule has 1 aromatic rings. The van der Waals surface area contributed by atoms with E-state index in [9.17, 15) is 4.79 Å². The summed E-state index contributed by atoms with van der Waals surface area (Å²) in [5.41, 5.74) is 1.33. The monoisotopic (exact) mass is 273 g/mol. The Morgan fingerprint density at radius 3 is 2.55 bits per heavy atom. The molecule has 2 aliphatic rings. The second-order valence-corrected chi connectivity index (χ2v) is 5.81. The fourth-order valence-corrected chi connectivity index (χ4v) is 3.12. The van der Waals surface area contributed by atoms with Crippen molar-refractivity contribution in [2.75, 3.05) is 24.5 Å². The number of anilines is 1. The molecule has 1 amide bonds. The van der Waals surface area contributed by atoms with Gasteiger partial charge in [-0.1, -0.05) is 18.2 Å². The number of carbonyl (C=O) groups is 1. The van der Waals surface area contributed by atoms with Gasteiger partial charge < -0.3 is 15.5 Å². The number of benzene rings is 1. The second kappa shape index (κ2) is 6.27. The van der Waals surface area contributed by atoms with Crippen LogP contribution in [0.2, 0.25) is 0 Å². The lowest BCUT2D eigenvalue weighted by Gasteiger charge is -2.34. The third-order valence-electron chi connectivity index (χ3n) is 4.35. The zero-order valence-electron chi connectivity index (χ0n) is 11.8. The molecule has 1 aromatic carbocycles. The van der Waals surface area contributed by atoms with Crippen LogP contribution in [0.4, 0.5) is 5.69 Å². The van der Waals surface area contributed by atoms with E-state index in [0.29, 0.717) is 18.5 Å². The molecular formula is C16H23N3O. The smallest absolute Gasteiger partial charge is 0.220 e. The molecule has 0 radical (unpaired) electrons. The second-order valence-electron chi connectivity index (χ2n) is 5.81. The summed E-state index contributed by atoms with van der Waals surface area (Å²) in [6.07, 6.45) is 4.03. The van der Waals surface area contributed by atoms with Crippen molar-refractivity contribution in [2.45, 2.75) is 37.8 Å². The quantitative estimate of drug-likeness (QED) is 0.874. The molecule has 20 heavy (non-hydrogen) atoms. The van der Waals surface area contributed by atoms with Gasteiger partial charge in [0.05, 0.1) is 0 Å². The highest BCUT2D eigenvalue weighted by atomic mass is 16.1. The lowest BCUT2D eigenvalue weighted by Crippen LogP contribution is -2.46. The van der Waals surface area contributed by atoms with Gasteiger partial charge in [0.15, 0.2) is 0 Å². The summed E-state index contributed by atoms with van der Waals surface area (Å²) in [4.78, 5) is 13.6. The molecule has 4 heteroatoms. The van der Waals surface area contributed by atoms with Gasteiger partial charge in [-0.05, 0) is 31.4 Å². The van der Waals surface area contributed by atoms with Crippen LogP contribution < -0.4 is 15.5 Å². The van der Waals surface area contributed by atoms with Gasteiger partial charge in [-0.25, -0.2) is 0 Å². The molecule has 2 N–H and O–H groups in total. The molecular weight excluding hydrogens is 250 g/mol. The Hall–Kier alpha value is -1.55. The number of nitrogens with one attached hydrogen (secondary N) is 2. The van der Waals surface area contributed by atoms with E-state index in [1.54, 1.807) is 0 Å². The molecule has 0 aliphatic carbocycles. The lowest BCUT2D eigenvalue weighted by molar-refractivity contribution is -0.119. The summed E-state index contributed by atoms with van der Waals surface area (Å²) in [5.74, 6) is 0.204. The first kappa shape index (κ1) is 13.4. The standard InChI is InChI=1S/C16H23N3O/c20-16-7-6-14(18-16)12-17-13-8-10-19(11-9-13)15-4-2-1-3-5-15/h1-5,13-14,17H,6-12H2,(H,18,20). The van der Waals surface area contributed by atoms with E-state index < -0.39 is 0 Å². The van der Waals surface area contributed by atoms with Crippen molar-refractivity contribution < 1.29 is 4.79 Å². The molecule has 0 saturated carbocycles. The fourth-order valence-electron chi connectivity index (χ4n) is 3.12. The molecule has 4 nitrogen and oxygen atoms in total. The van der Waals surface area contributed by atoms with Crippen molar-refractivity contribution in [3.05, 3.63) is 30.3 Å². The van der Waals surface area contributed by atoms with E-state index in [2.05, 4.69) is 45.9 Å². The molecule has 0 aromatic heterocycles. The first-order valence-electron chi connectivity index (χ1n) is 7.64. The first-order chi connectivity index (χ1) is 9.81. The maximum absolute atomic E-state index is 11.2. The molecule has 2 fully saturated rings. The van der Waals surface area contributed by atoms with E-state index >= 15 is 0 Å². The number of piperidine rings is 1. The van der Waals surface area contributed by atoms with E-state index in [1.807, 2.05) is 0 Å². The molecule has 1 atom stereocenters. The number of nitrogens with zero attached hydrogens (tertiary/aromatic N) is 1. The van der Waals surface area contributed by atoms with E-state index in [4.69, 9.17) is 0 Å².